The molecule has 4 rings (SSSR count). The molecule has 2 aromatic carbocycles. The lowest BCUT2D eigenvalue weighted by Gasteiger charge is -2.24. The summed E-state index contributed by atoms with van der Waals surface area (Å²) < 4.78 is 1.02. The molecule has 1 saturated heterocycles. The van der Waals surface area contributed by atoms with Crippen molar-refractivity contribution in [3.05, 3.63) is 64.3 Å². The van der Waals surface area contributed by atoms with E-state index >= 15 is 0 Å². The summed E-state index contributed by atoms with van der Waals surface area (Å²) in [6, 6.07) is 14.2. The Balaban J connectivity index is 1.39. The minimum Gasteiger partial charge on any atom is -0.481 e. The maximum atomic E-state index is 12.9. The summed E-state index contributed by atoms with van der Waals surface area (Å²) in [4.78, 5) is 51.4. The second-order valence-electron chi connectivity index (χ2n) is 7.86. The van der Waals surface area contributed by atoms with E-state index < -0.39 is 23.1 Å². The lowest BCUT2D eigenvalue weighted by molar-refractivity contribution is -0.146. The minimum absolute atomic E-state index is 0.125. The number of allylic oxidation sites excluding steroid dienone is 2. The predicted octanol–water partition coefficient (Wildman–Crippen LogP) is 4.32. The zero-order valence-corrected chi connectivity index (χ0v) is 20.4. The van der Waals surface area contributed by atoms with E-state index in [9.17, 15) is 24.3 Å². The van der Waals surface area contributed by atoms with Gasteiger partial charge in [0, 0.05) is 20.6 Å². The number of aliphatic carboxylic acids is 1. The van der Waals surface area contributed by atoms with Gasteiger partial charge in [0.05, 0.1) is 22.8 Å². The van der Waals surface area contributed by atoms with Gasteiger partial charge in [-0.1, -0.05) is 12.2 Å². The van der Waals surface area contributed by atoms with Gasteiger partial charge in [0.15, 0.2) is 0 Å². The summed E-state index contributed by atoms with van der Waals surface area (Å²) in [5.74, 6) is -3.10. The molecule has 0 aromatic heterocycles. The number of carboxylic acid groups (broad SMARTS) is 1. The molecule has 0 bridgehead atoms. The van der Waals surface area contributed by atoms with Crippen molar-refractivity contribution in [3.8, 4) is 0 Å². The first-order valence-electron chi connectivity index (χ1n) is 10.4. The van der Waals surface area contributed by atoms with Gasteiger partial charge in [0.2, 0.25) is 17.7 Å². The third-order valence-corrected chi connectivity index (χ3v) is 7.59. The number of nitrogens with one attached hydrogen (secondary N) is 1. The fraction of sp³-hybridized carbons (Fsp3) is 0.250. The molecule has 0 saturated carbocycles. The molecule has 1 fully saturated rings. The van der Waals surface area contributed by atoms with Crippen LogP contribution in [0.4, 0.5) is 11.4 Å². The normalized spacial score (nSPS) is 22.5. The third-order valence-electron chi connectivity index (χ3n) is 5.68. The SMILES string of the molecule is O=C(O)[C@@H]1CC=CC[C@H]1C(=O)Nc1ccc(S[C@@H]2CC(=O)N(c3ccc(I)cc3)C2=O)cc1. The van der Waals surface area contributed by atoms with Crippen molar-refractivity contribution in [3.63, 3.8) is 0 Å². The van der Waals surface area contributed by atoms with Gasteiger partial charge in [-0.25, -0.2) is 4.90 Å². The van der Waals surface area contributed by atoms with Gasteiger partial charge in [-0.05, 0) is 84.0 Å². The van der Waals surface area contributed by atoms with Gasteiger partial charge in [-0.15, -0.1) is 11.8 Å². The Morgan fingerprint density at radius 1 is 0.970 bits per heavy atom. The fourth-order valence-corrected chi connectivity index (χ4v) is 5.36. The molecule has 7 nitrogen and oxygen atoms in total. The number of halogens is 1. The number of nitrogens with zero attached hydrogens (tertiary/aromatic N) is 1. The molecule has 3 atom stereocenters. The summed E-state index contributed by atoms with van der Waals surface area (Å²) in [5, 5.41) is 11.6. The average molecular weight is 576 g/mol. The monoisotopic (exact) mass is 576 g/mol. The molecular formula is C24H21IN2O5S. The molecular weight excluding hydrogens is 555 g/mol. The Kier molecular flexibility index (Phi) is 7.18. The largest absolute Gasteiger partial charge is 0.481 e. The Morgan fingerprint density at radius 2 is 1.61 bits per heavy atom. The highest BCUT2D eigenvalue weighted by Crippen LogP contribution is 2.35. The van der Waals surface area contributed by atoms with Crippen LogP contribution in [0.5, 0.6) is 0 Å². The Labute approximate surface area is 208 Å². The molecule has 0 radical (unpaired) electrons. The van der Waals surface area contributed by atoms with Crippen molar-refractivity contribution >= 4 is 69.4 Å². The molecule has 1 heterocycles. The number of carbonyl (C=O) groups is 4. The van der Waals surface area contributed by atoms with Crippen molar-refractivity contribution in [2.24, 2.45) is 11.8 Å². The van der Waals surface area contributed by atoms with E-state index in [2.05, 4.69) is 27.9 Å². The van der Waals surface area contributed by atoms with E-state index in [1.807, 2.05) is 18.2 Å². The van der Waals surface area contributed by atoms with E-state index in [0.29, 0.717) is 24.2 Å². The van der Waals surface area contributed by atoms with Gasteiger partial charge in [-0.2, -0.15) is 0 Å². The van der Waals surface area contributed by atoms with Crippen molar-refractivity contribution in [1.82, 2.24) is 0 Å². The molecule has 170 valence electrons. The molecule has 33 heavy (non-hydrogen) atoms. The van der Waals surface area contributed by atoms with E-state index in [4.69, 9.17) is 0 Å². The predicted molar refractivity (Wildman–Crippen MR) is 134 cm³/mol. The van der Waals surface area contributed by atoms with Crippen molar-refractivity contribution < 1.29 is 24.3 Å². The van der Waals surface area contributed by atoms with Crippen LogP contribution in [0.15, 0.2) is 65.6 Å². The van der Waals surface area contributed by atoms with Crippen LogP contribution in [0.3, 0.4) is 0 Å². The van der Waals surface area contributed by atoms with Crippen LogP contribution in [0.25, 0.3) is 0 Å². The van der Waals surface area contributed by atoms with Gasteiger partial charge in [-0.3, -0.25) is 19.2 Å². The van der Waals surface area contributed by atoms with E-state index in [0.717, 1.165) is 8.47 Å². The highest BCUT2D eigenvalue weighted by Gasteiger charge is 2.40. The van der Waals surface area contributed by atoms with Crippen LogP contribution in [0, 0.1) is 15.4 Å². The zero-order chi connectivity index (χ0) is 23.5. The Bertz CT molecular complexity index is 1120. The first-order chi connectivity index (χ1) is 15.8. The first-order valence-corrected chi connectivity index (χ1v) is 12.4. The van der Waals surface area contributed by atoms with Gasteiger partial charge in [0.1, 0.15) is 0 Å². The molecule has 2 aliphatic rings. The van der Waals surface area contributed by atoms with Gasteiger partial charge in [0.25, 0.3) is 0 Å². The van der Waals surface area contributed by atoms with Crippen molar-refractivity contribution in [2.45, 2.75) is 29.4 Å². The fourth-order valence-electron chi connectivity index (χ4n) is 3.95. The molecule has 0 spiro atoms. The maximum Gasteiger partial charge on any atom is 0.307 e. The van der Waals surface area contributed by atoms with Gasteiger partial charge < -0.3 is 10.4 Å². The van der Waals surface area contributed by atoms with Crippen molar-refractivity contribution in [2.75, 3.05) is 10.2 Å². The average Bonchev–Trinajstić information content (AvgIpc) is 3.08. The summed E-state index contributed by atoms with van der Waals surface area (Å²) in [7, 11) is 0. The van der Waals surface area contributed by atoms with Crippen LogP contribution in [0.1, 0.15) is 19.3 Å². The summed E-state index contributed by atoms with van der Waals surface area (Å²) in [6.45, 7) is 0. The summed E-state index contributed by atoms with van der Waals surface area (Å²) in [6.07, 6.45) is 4.49. The molecule has 2 N–H and O–H groups in total. The van der Waals surface area contributed by atoms with E-state index in [1.54, 1.807) is 42.5 Å². The summed E-state index contributed by atoms with van der Waals surface area (Å²) in [5.41, 5.74) is 1.13. The quantitative estimate of drug-likeness (QED) is 0.302. The highest BCUT2D eigenvalue weighted by molar-refractivity contribution is 14.1. The number of rotatable bonds is 6. The number of amides is 3. The molecule has 9 heteroatoms. The molecule has 3 amide bonds. The number of carbonyl (C=O) groups excluding carboxylic acids is 3. The number of imide groups is 1. The topological polar surface area (TPSA) is 104 Å². The molecule has 0 unspecified atom stereocenters. The third kappa shape index (κ3) is 5.30. The second-order valence-corrected chi connectivity index (χ2v) is 10.4. The number of benzene rings is 2. The van der Waals surface area contributed by atoms with Crippen LogP contribution in [-0.4, -0.2) is 34.0 Å². The lowest BCUT2D eigenvalue weighted by Crippen LogP contribution is -2.34. The molecule has 1 aliphatic heterocycles. The van der Waals surface area contributed by atoms with Crippen LogP contribution >= 0.6 is 34.4 Å². The minimum atomic E-state index is -0.971. The maximum absolute atomic E-state index is 12.9. The highest BCUT2D eigenvalue weighted by atomic mass is 127. The lowest BCUT2D eigenvalue weighted by atomic mass is 9.82. The number of anilines is 2. The zero-order valence-electron chi connectivity index (χ0n) is 17.4. The number of carboxylic acids is 1. The number of hydrogen-bond acceptors (Lipinski definition) is 5. The molecule has 1 aliphatic carbocycles. The van der Waals surface area contributed by atoms with Crippen LogP contribution < -0.4 is 10.2 Å². The smallest absolute Gasteiger partial charge is 0.307 e. The first kappa shape index (κ1) is 23.5. The van der Waals surface area contributed by atoms with Crippen LogP contribution in [-0.2, 0) is 19.2 Å². The standard InChI is InChI=1S/C24H21IN2O5S/c25-14-5-9-16(10-6-14)27-21(28)13-20(23(27)30)33-17-11-7-15(8-12-17)26-22(29)18-3-1-2-4-19(18)24(31)32/h1-2,5-12,18-20H,3-4,13H2,(H,26,29)(H,31,32)/t18-,19-,20-/m1/s1. The van der Waals surface area contributed by atoms with Crippen LogP contribution in [0.2, 0.25) is 0 Å². The Morgan fingerprint density at radius 3 is 2.24 bits per heavy atom. The van der Waals surface area contributed by atoms with E-state index in [-0.39, 0.29) is 24.1 Å². The number of hydrogen-bond donors (Lipinski definition) is 2. The molecule has 2 aromatic rings. The summed E-state index contributed by atoms with van der Waals surface area (Å²) >= 11 is 3.48. The van der Waals surface area contributed by atoms with Crippen molar-refractivity contribution in [1.29, 1.82) is 0 Å². The second kappa shape index (κ2) is 10.1. The number of thioether (sulfide) groups is 1. The van der Waals surface area contributed by atoms with E-state index in [1.165, 1.54) is 16.7 Å². The Hall–Kier alpha value is -2.66. The van der Waals surface area contributed by atoms with Gasteiger partial charge >= 0.3 is 5.97 Å².